The molecule has 2 fully saturated rings. The lowest BCUT2D eigenvalue weighted by molar-refractivity contribution is 0.209. The Kier molecular flexibility index (Phi) is 6.66. The highest BCUT2D eigenvalue weighted by Crippen LogP contribution is 2.34. The third kappa shape index (κ3) is 5.17. The summed E-state index contributed by atoms with van der Waals surface area (Å²) in [5, 5.41) is 3.10. The van der Waals surface area contributed by atoms with Crippen molar-refractivity contribution < 1.29 is 8.78 Å². The zero-order chi connectivity index (χ0) is 27.3. The Morgan fingerprint density at radius 3 is 2.44 bits per heavy atom. The van der Waals surface area contributed by atoms with E-state index in [1.54, 1.807) is 6.07 Å². The first kappa shape index (κ1) is 25.6. The Bertz CT molecular complexity index is 1520. The van der Waals surface area contributed by atoms with Gasteiger partial charge < -0.3 is 14.8 Å². The smallest absolute Gasteiger partial charge is 0.229 e. The van der Waals surface area contributed by atoms with E-state index in [1.165, 1.54) is 18.9 Å². The van der Waals surface area contributed by atoms with Gasteiger partial charge in [-0.25, -0.2) is 28.7 Å². The summed E-state index contributed by atoms with van der Waals surface area (Å²) < 4.78 is 32.0. The van der Waals surface area contributed by atoms with E-state index in [1.807, 2.05) is 30.5 Å². The number of aromatic nitrogens is 5. The number of anilines is 3. The van der Waals surface area contributed by atoms with E-state index in [0.717, 1.165) is 56.1 Å². The molecule has 204 valence electrons. The van der Waals surface area contributed by atoms with Crippen molar-refractivity contribution >= 4 is 28.5 Å². The lowest BCUT2D eigenvalue weighted by Crippen LogP contribution is -2.49. The van der Waals surface area contributed by atoms with Crippen LogP contribution in [0.4, 0.5) is 26.2 Å². The largest absolute Gasteiger partial charge is 0.368 e. The molecule has 0 radical (unpaired) electrons. The van der Waals surface area contributed by atoms with Crippen molar-refractivity contribution in [3.05, 3.63) is 53.6 Å². The second kappa shape index (κ2) is 10.1. The molecule has 1 aromatic carbocycles. The monoisotopic (exact) mass is 532 g/mol. The van der Waals surface area contributed by atoms with E-state index in [0.29, 0.717) is 34.4 Å². The molecule has 0 amide bonds. The maximum absolute atomic E-state index is 15.1. The summed E-state index contributed by atoms with van der Waals surface area (Å²) in [4.78, 5) is 22.5. The van der Waals surface area contributed by atoms with Crippen LogP contribution in [0.2, 0.25) is 0 Å². The third-order valence-corrected chi connectivity index (χ3v) is 7.84. The molecule has 4 heterocycles. The Morgan fingerprint density at radius 2 is 1.74 bits per heavy atom. The highest BCUT2D eigenvalue weighted by atomic mass is 19.1. The van der Waals surface area contributed by atoms with E-state index in [4.69, 9.17) is 4.98 Å². The average Bonchev–Trinajstić information content (AvgIpc) is 3.68. The Hall–Kier alpha value is -3.66. The number of pyridine rings is 1. The molecular formula is C29H34F2N8. The molecule has 1 saturated carbocycles. The first-order valence-corrected chi connectivity index (χ1v) is 13.7. The van der Waals surface area contributed by atoms with E-state index in [-0.39, 0.29) is 11.6 Å². The molecule has 2 aliphatic rings. The van der Waals surface area contributed by atoms with Crippen LogP contribution >= 0.6 is 0 Å². The minimum atomic E-state index is -0.621. The van der Waals surface area contributed by atoms with E-state index in [2.05, 4.69) is 43.9 Å². The number of halogens is 2. The van der Waals surface area contributed by atoms with Crippen molar-refractivity contribution in [1.82, 2.24) is 29.4 Å². The van der Waals surface area contributed by atoms with Gasteiger partial charge in [-0.1, -0.05) is 0 Å². The molecule has 1 aliphatic carbocycles. The van der Waals surface area contributed by atoms with Gasteiger partial charge in [0.1, 0.15) is 22.9 Å². The zero-order valence-electron chi connectivity index (χ0n) is 22.9. The van der Waals surface area contributed by atoms with Crippen molar-refractivity contribution in [1.29, 1.82) is 0 Å². The molecule has 0 atom stereocenters. The fourth-order valence-corrected chi connectivity index (χ4v) is 5.40. The lowest BCUT2D eigenvalue weighted by atomic mass is 10.1. The van der Waals surface area contributed by atoms with Crippen LogP contribution < -0.4 is 10.2 Å². The van der Waals surface area contributed by atoms with Crippen molar-refractivity contribution in [2.45, 2.75) is 53.1 Å². The van der Waals surface area contributed by atoms with E-state index < -0.39 is 11.6 Å². The predicted octanol–water partition coefficient (Wildman–Crippen LogP) is 5.47. The van der Waals surface area contributed by atoms with Crippen molar-refractivity contribution in [3.8, 4) is 11.3 Å². The molecule has 1 saturated heterocycles. The number of piperazine rings is 1. The Morgan fingerprint density at radius 1 is 0.974 bits per heavy atom. The molecule has 0 unspecified atom stereocenters. The number of nitrogens with one attached hydrogen (secondary N) is 1. The lowest BCUT2D eigenvalue weighted by Gasteiger charge is -2.38. The van der Waals surface area contributed by atoms with Crippen molar-refractivity contribution in [3.63, 3.8) is 0 Å². The maximum atomic E-state index is 15.1. The molecule has 6 rings (SSSR count). The topological polar surface area (TPSA) is 75.0 Å². The van der Waals surface area contributed by atoms with Crippen LogP contribution in [0, 0.1) is 31.4 Å². The number of rotatable bonds is 7. The molecule has 3 aromatic heterocycles. The second-order valence-corrected chi connectivity index (χ2v) is 11.0. The van der Waals surface area contributed by atoms with Gasteiger partial charge in [0.2, 0.25) is 5.95 Å². The number of hydrogen-bond acceptors (Lipinski definition) is 7. The number of fused-ring (bicyclic) bond motifs is 1. The van der Waals surface area contributed by atoms with Gasteiger partial charge in [0, 0.05) is 44.3 Å². The van der Waals surface area contributed by atoms with Gasteiger partial charge in [0.15, 0.2) is 11.6 Å². The molecule has 10 heteroatoms. The number of benzene rings is 1. The number of imidazole rings is 1. The predicted molar refractivity (Wildman–Crippen MR) is 149 cm³/mol. The fraction of sp³-hybridized carbons (Fsp3) is 0.448. The number of nitrogens with zero attached hydrogens (tertiary/aromatic N) is 7. The summed E-state index contributed by atoms with van der Waals surface area (Å²) in [6.07, 6.45) is 3.44. The highest BCUT2D eigenvalue weighted by Gasteiger charge is 2.25. The van der Waals surface area contributed by atoms with Crippen molar-refractivity contribution in [2.24, 2.45) is 5.92 Å². The van der Waals surface area contributed by atoms with E-state index in [9.17, 15) is 4.39 Å². The van der Waals surface area contributed by atoms with Gasteiger partial charge in [0.25, 0.3) is 0 Å². The molecule has 4 aromatic rings. The standard InChI is InChI=1S/C29H34F2N8/c1-17(2)37-9-11-38(12-10-37)24-7-8-26(33-18(24)3)35-29-32-15-23(31)27(36-29)21-13-22(30)28-25(14-21)39(19(4)34-28)16-20-5-6-20/h7-8,13-15,17,20H,5-6,9-12,16H2,1-4H3,(H,32,33,35,36). The Labute approximate surface area is 227 Å². The summed E-state index contributed by atoms with van der Waals surface area (Å²) in [5.74, 6) is 0.991. The van der Waals surface area contributed by atoms with Gasteiger partial charge in [-0.15, -0.1) is 0 Å². The van der Waals surface area contributed by atoms with Crippen LogP contribution in [0.3, 0.4) is 0 Å². The summed E-state index contributed by atoms with van der Waals surface area (Å²) in [7, 11) is 0. The van der Waals surface area contributed by atoms with Crippen LogP contribution in [0.5, 0.6) is 0 Å². The fourth-order valence-electron chi connectivity index (χ4n) is 5.40. The SMILES string of the molecule is Cc1nc(Nc2ncc(F)c(-c3cc(F)c4nc(C)n(CC5CC5)c4c3)n2)ccc1N1CCN(C(C)C)CC1. The van der Waals surface area contributed by atoms with Crippen LogP contribution in [0.25, 0.3) is 22.3 Å². The molecule has 1 aliphatic heterocycles. The second-order valence-electron chi connectivity index (χ2n) is 11.0. The molecule has 0 bridgehead atoms. The van der Waals surface area contributed by atoms with Crippen molar-refractivity contribution in [2.75, 3.05) is 36.4 Å². The van der Waals surface area contributed by atoms with Gasteiger partial charge in [-0.3, -0.25) is 4.90 Å². The number of aryl methyl sites for hydroxylation is 2. The van der Waals surface area contributed by atoms with Crippen LogP contribution in [-0.4, -0.2) is 61.6 Å². The van der Waals surface area contributed by atoms with Gasteiger partial charge in [-0.05, 0) is 70.7 Å². The Balaban J connectivity index is 1.25. The van der Waals surface area contributed by atoms with Gasteiger partial charge >= 0.3 is 0 Å². The molecule has 39 heavy (non-hydrogen) atoms. The molecule has 8 nitrogen and oxygen atoms in total. The summed E-state index contributed by atoms with van der Waals surface area (Å²) in [6, 6.07) is 7.54. The number of hydrogen-bond donors (Lipinski definition) is 1. The summed E-state index contributed by atoms with van der Waals surface area (Å²) >= 11 is 0. The quantitative estimate of drug-likeness (QED) is 0.338. The average molecular weight is 533 g/mol. The molecule has 0 spiro atoms. The normalized spacial score (nSPS) is 16.4. The first-order chi connectivity index (χ1) is 18.8. The summed E-state index contributed by atoms with van der Waals surface area (Å²) in [5.41, 5.74) is 3.33. The first-order valence-electron chi connectivity index (χ1n) is 13.7. The van der Waals surface area contributed by atoms with Crippen LogP contribution in [0.15, 0.2) is 30.5 Å². The van der Waals surface area contributed by atoms with E-state index >= 15 is 4.39 Å². The summed E-state index contributed by atoms with van der Waals surface area (Å²) in [6.45, 7) is 13.1. The zero-order valence-corrected chi connectivity index (χ0v) is 22.9. The maximum Gasteiger partial charge on any atom is 0.229 e. The van der Waals surface area contributed by atoms with Gasteiger partial charge in [-0.2, -0.15) is 0 Å². The van der Waals surface area contributed by atoms with Gasteiger partial charge in [0.05, 0.1) is 23.1 Å². The van der Waals surface area contributed by atoms with Crippen LogP contribution in [0.1, 0.15) is 38.2 Å². The minimum Gasteiger partial charge on any atom is -0.368 e. The molecule has 1 N–H and O–H groups in total. The highest BCUT2D eigenvalue weighted by molar-refractivity contribution is 5.83. The molecular weight excluding hydrogens is 498 g/mol. The van der Waals surface area contributed by atoms with Crippen LogP contribution in [-0.2, 0) is 6.54 Å². The minimum absolute atomic E-state index is 0.0292. The third-order valence-electron chi connectivity index (χ3n) is 7.84.